The Kier molecular flexibility index (Phi) is 5.84. The molecule has 0 radical (unpaired) electrons. The number of hydrogen-bond donors (Lipinski definition) is 0. The third kappa shape index (κ3) is 4.32. The Balaban J connectivity index is 1.95. The van der Waals surface area contributed by atoms with Crippen LogP contribution in [-0.2, 0) is 16.0 Å². The fourth-order valence-electron chi connectivity index (χ4n) is 3.30. The Morgan fingerprint density at radius 3 is 2.89 bits per heavy atom. The van der Waals surface area contributed by atoms with E-state index in [2.05, 4.69) is 4.74 Å². The molecule has 0 saturated heterocycles. The van der Waals surface area contributed by atoms with Gasteiger partial charge in [0.2, 0.25) is 0 Å². The number of methoxy groups -OCH3 is 1. The Bertz CT molecular complexity index is 975. The largest absolute Gasteiger partial charge is 0.469 e. The summed E-state index contributed by atoms with van der Waals surface area (Å²) in [5.74, 6) is 0.127. The number of fused-ring (bicyclic) bond motifs is 1. The van der Waals surface area contributed by atoms with E-state index in [0.29, 0.717) is 48.8 Å². The molecular weight excluding hydrogens is 347 g/mol. The lowest BCUT2D eigenvalue weighted by Crippen LogP contribution is -2.29. The normalized spacial score (nSPS) is 16.4. The number of hydrogen-bond acceptors (Lipinski definition) is 4. The van der Waals surface area contributed by atoms with Crippen LogP contribution < -0.4 is 5.56 Å². The molecule has 5 nitrogen and oxygen atoms in total. The van der Waals surface area contributed by atoms with Crippen LogP contribution in [-0.4, -0.2) is 22.6 Å². The standard InChI is InChI=1S/C21H23FN2O3/c1-14-7-12-17-18(13-14)23-19(5-3-4-6-20(25)27-2)24(21(17)26)16-10-8-15(22)9-11-16/h7-10,12-13,16H,3-6,11H2,1-2H3. The Morgan fingerprint density at radius 1 is 1.37 bits per heavy atom. The van der Waals surface area contributed by atoms with Gasteiger partial charge < -0.3 is 4.74 Å². The average Bonchev–Trinajstić information content (AvgIpc) is 2.66. The molecule has 3 rings (SSSR count). The molecule has 0 N–H and O–H groups in total. The van der Waals surface area contributed by atoms with Crippen LogP contribution in [0.4, 0.5) is 4.39 Å². The number of halogens is 1. The van der Waals surface area contributed by atoms with Gasteiger partial charge in [-0.2, -0.15) is 0 Å². The number of rotatable bonds is 6. The monoisotopic (exact) mass is 370 g/mol. The van der Waals surface area contributed by atoms with E-state index in [-0.39, 0.29) is 23.4 Å². The average molecular weight is 370 g/mol. The maximum atomic E-state index is 13.4. The first-order valence-corrected chi connectivity index (χ1v) is 9.12. The van der Waals surface area contributed by atoms with Crippen LogP contribution >= 0.6 is 0 Å². The lowest BCUT2D eigenvalue weighted by atomic mass is 10.1. The molecule has 1 atom stereocenters. The van der Waals surface area contributed by atoms with Crippen LogP contribution in [0, 0.1) is 6.92 Å². The van der Waals surface area contributed by atoms with Crippen molar-refractivity contribution >= 4 is 16.9 Å². The fourth-order valence-corrected chi connectivity index (χ4v) is 3.30. The number of benzene rings is 1. The summed E-state index contributed by atoms with van der Waals surface area (Å²) in [6.45, 7) is 1.96. The van der Waals surface area contributed by atoms with Crippen molar-refractivity contribution in [3.8, 4) is 0 Å². The minimum atomic E-state index is -0.289. The molecule has 142 valence electrons. The molecule has 0 saturated carbocycles. The first kappa shape index (κ1) is 19.0. The number of esters is 1. The number of nitrogens with zero attached hydrogens (tertiary/aromatic N) is 2. The topological polar surface area (TPSA) is 61.2 Å². The number of ether oxygens (including phenoxy) is 1. The van der Waals surface area contributed by atoms with Crippen LogP contribution in [0.2, 0.25) is 0 Å². The molecule has 0 aliphatic heterocycles. The van der Waals surface area contributed by atoms with Gasteiger partial charge in [0.05, 0.1) is 24.1 Å². The second-order valence-corrected chi connectivity index (χ2v) is 6.76. The van der Waals surface area contributed by atoms with Crippen molar-refractivity contribution < 1.29 is 13.9 Å². The molecule has 0 spiro atoms. The van der Waals surface area contributed by atoms with E-state index in [1.165, 1.54) is 19.3 Å². The number of carbonyl (C=O) groups is 1. The molecule has 1 aromatic heterocycles. The first-order chi connectivity index (χ1) is 13.0. The quantitative estimate of drug-likeness (QED) is 0.571. The molecule has 0 amide bonds. The van der Waals surface area contributed by atoms with Crippen molar-refractivity contribution in [2.24, 2.45) is 0 Å². The van der Waals surface area contributed by atoms with Gasteiger partial charge in [0.25, 0.3) is 5.56 Å². The van der Waals surface area contributed by atoms with Gasteiger partial charge in [0.1, 0.15) is 11.7 Å². The molecule has 1 aliphatic carbocycles. The van der Waals surface area contributed by atoms with E-state index in [9.17, 15) is 14.0 Å². The summed E-state index contributed by atoms with van der Waals surface area (Å²) in [6.07, 6.45) is 7.26. The third-order valence-corrected chi connectivity index (χ3v) is 4.75. The lowest BCUT2D eigenvalue weighted by molar-refractivity contribution is -0.140. The highest BCUT2D eigenvalue weighted by atomic mass is 19.1. The molecule has 1 heterocycles. The highest BCUT2D eigenvalue weighted by Crippen LogP contribution is 2.24. The van der Waals surface area contributed by atoms with Crippen molar-refractivity contribution in [1.82, 2.24) is 9.55 Å². The van der Waals surface area contributed by atoms with Gasteiger partial charge in [-0.3, -0.25) is 14.2 Å². The number of allylic oxidation sites excluding steroid dienone is 4. The molecular formula is C21H23FN2O3. The smallest absolute Gasteiger partial charge is 0.305 e. The summed E-state index contributed by atoms with van der Waals surface area (Å²) < 4.78 is 19.7. The SMILES string of the molecule is COC(=O)CCCCc1nc2cc(C)ccc2c(=O)n1C1C=CC(F)=CC1. The minimum Gasteiger partial charge on any atom is -0.469 e. The zero-order valence-corrected chi connectivity index (χ0v) is 15.6. The van der Waals surface area contributed by atoms with Gasteiger partial charge in [0, 0.05) is 12.8 Å². The number of aryl methyl sites for hydroxylation is 2. The van der Waals surface area contributed by atoms with E-state index >= 15 is 0 Å². The van der Waals surface area contributed by atoms with Crippen molar-refractivity contribution in [2.45, 2.75) is 45.1 Å². The Labute approximate surface area is 157 Å². The lowest BCUT2D eigenvalue weighted by Gasteiger charge is -2.21. The van der Waals surface area contributed by atoms with Crippen LogP contribution in [0.15, 0.2) is 47.0 Å². The number of carbonyl (C=O) groups excluding carboxylic acids is 1. The van der Waals surface area contributed by atoms with Gasteiger partial charge in [-0.05, 0) is 56.0 Å². The summed E-state index contributed by atoms with van der Waals surface area (Å²) >= 11 is 0. The second kappa shape index (κ2) is 8.29. The molecule has 27 heavy (non-hydrogen) atoms. The molecule has 6 heteroatoms. The molecule has 2 aromatic rings. The van der Waals surface area contributed by atoms with Crippen LogP contribution in [0.1, 0.15) is 43.1 Å². The van der Waals surface area contributed by atoms with Crippen LogP contribution in [0.3, 0.4) is 0 Å². The predicted octanol–water partition coefficient (Wildman–Crippen LogP) is 3.95. The maximum Gasteiger partial charge on any atom is 0.305 e. The highest BCUT2D eigenvalue weighted by Gasteiger charge is 2.19. The highest BCUT2D eigenvalue weighted by molar-refractivity contribution is 5.78. The minimum absolute atomic E-state index is 0.117. The van der Waals surface area contributed by atoms with Gasteiger partial charge in [-0.15, -0.1) is 0 Å². The van der Waals surface area contributed by atoms with Crippen molar-refractivity contribution in [2.75, 3.05) is 7.11 Å². The first-order valence-electron chi connectivity index (χ1n) is 9.12. The summed E-state index contributed by atoms with van der Waals surface area (Å²) in [4.78, 5) is 29.1. The van der Waals surface area contributed by atoms with Crippen LogP contribution in [0.5, 0.6) is 0 Å². The molecule has 1 aromatic carbocycles. The Morgan fingerprint density at radius 2 is 2.19 bits per heavy atom. The summed E-state index contributed by atoms with van der Waals surface area (Å²) in [6, 6.07) is 5.32. The van der Waals surface area contributed by atoms with E-state index in [1.54, 1.807) is 16.7 Å². The van der Waals surface area contributed by atoms with Gasteiger partial charge in [0.15, 0.2) is 0 Å². The predicted molar refractivity (Wildman–Crippen MR) is 102 cm³/mol. The van der Waals surface area contributed by atoms with Crippen molar-refractivity contribution in [3.63, 3.8) is 0 Å². The van der Waals surface area contributed by atoms with Gasteiger partial charge in [-0.25, -0.2) is 9.37 Å². The molecule has 1 unspecified atom stereocenters. The summed E-state index contributed by atoms with van der Waals surface area (Å²) in [7, 11) is 1.37. The summed E-state index contributed by atoms with van der Waals surface area (Å²) in [5, 5.41) is 0.558. The molecule has 0 fully saturated rings. The van der Waals surface area contributed by atoms with E-state index in [1.807, 2.05) is 19.1 Å². The Hall–Kier alpha value is -2.76. The van der Waals surface area contributed by atoms with Crippen molar-refractivity contribution in [3.05, 3.63) is 64.0 Å². The van der Waals surface area contributed by atoms with E-state index in [0.717, 1.165) is 5.56 Å². The van der Waals surface area contributed by atoms with Crippen molar-refractivity contribution in [1.29, 1.82) is 0 Å². The zero-order valence-electron chi connectivity index (χ0n) is 15.6. The summed E-state index contributed by atoms with van der Waals surface area (Å²) in [5.41, 5.74) is 1.58. The van der Waals surface area contributed by atoms with Crippen LogP contribution in [0.25, 0.3) is 10.9 Å². The zero-order chi connectivity index (χ0) is 19.4. The third-order valence-electron chi connectivity index (χ3n) is 4.75. The van der Waals surface area contributed by atoms with Gasteiger partial charge in [-0.1, -0.05) is 12.1 Å². The molecule has 0 bridgehead atoms. The van der Waals surface area contributed by atoms with E-state index in [4.69, 9.17) is 4.98 Å². The number of aromatic nitrogens is 2. The second-order valence-electron chi connectivity index (χ2n) is 6.76. The maximum absolute atomic E-state index is 13.4. The molecule has 1 aliphatic rings. The van der Waals surface area contributed by atoms with E-state index < -0.39 is 0 Å². The van der Waals surface area contributed by atoms with Gasteiger partial charge >= 0.3 is 5.97 Å². The fraction of sp³-hybridized carbons (Fsp3) is 0.381. The number of unbranched alkanes of at least 4 members (excludes halogenated alkanes) is 1.